The quantitative estimate of drug-likeness (QED) is 0.158. The molecule has 0 radical (unpaired) electrons. The number of anilines is 1. The molecule has 0 bridgehead atoms. The molecule has 1 atom stereocenters. The van der Waals surface area contributed by atoms with Crippen molar-refractivity contribution in [1.29, 1.82) is 10.8 Å². The van der Waals surface area contributed by atoms with Crippen LogP contribution in [0.15, 0.2) is 77.7 Å². The lowest BCUT2D eigenvalue weighted by molar-refractivity contribution is 0.155. The third-order valence-electron chi connectivity index (χ3n) is 5.96. The van der Waals surface area contributed by atoms with E-state index in [-0.39, 0.29) is 42.1 Å². The van der Waals surface area contributed by atoms with E-state index in [0.717, 1.165) is 5.56 Å². The Kier molecular flexibility index (Phi) is 9.04. The molecule has 196 valence electrons. The number of nitrogens with zero attached hydrogens (tertiary/aromatic N) is 1. The second-order valence-electron chi connectivity index (χ2n) is 9.16. The zero-order valence-corrected chi connectivity index (χ0v) is 21.8. The van der Waals surface area contributed by atoms with Crippen LogP contribution in [-0.2, 0) is 16.6 Å². The Morgan fingerprint density at radius 2 is 1.41 bits per heavy atom. The summed E-state index contributed by atoms with van der Waals surface area (Å²) >= 11 is 0. The van der Waals surface area contributed by atoms with E-state index in [2.05, 4.69) is 5.32 Å². The highest BCUT2D eigenvalue weighted by Crippen LogP contribution is 2.22. The van der Waals surface area contributed by atoms with Crippen LogP contribution in [0, 0.1) is 10.8 Å². The van der Waals surface area contributed by atoms with Gasteiger partial charge in [-0.25, -0.2) is 8.42 Å². The van der Waals surface area contributed by atoms with Crippen LogP contribution in [0.5, 0.6) is 0 Å². The van der Waals surface area contributed by atoms with Gasteiger partial charge in [0.1, 0.15) is 11.7 Å². The van der Waals surface area contributed by atoms with Gasteiger partial charge in [-0.05, 0) is 53.4 Å². The molecule has 3 rings (SSSR count). The first-order chi connectivity index (χ1) is 17.5. The van der Waals surface area contributed by atoms with Crippen molar-refractivity contribution >= 4 is 27.4 Å². The van der Waals surface area contributed by atoms with Gasteiger partial charge in [0, 0.05) is 36.4 Å². The number of hydrogen-bond acceptors (Lipinski definition) is 6. The fraction of sp³-hybridized carbons (Fsp3) is 0.259. The number of sulfonamides is 1. The lowest BCUT2D eigenvalue weighted by Gasteiger charge is -2.25. The standard InChI is InChI=1S/C27H34N6O3S/c1-18(2)20-9-13-25(14-10-20)37(35,36)33(16-19-3-5-21(6-4-19)26(28)29)17-24(34)15-32-23-11-7-22(8-12-23)27(30)31/h3-14,18,24,32,34H,15-17H2,1-2H3,(H3,28,29)(H3,30,31). The Labute approximate surface area is 218 Å². The van der Waals surface area contributed by atoms with Crippen LogP contribution >= 0.6 is 0 Å². The minimum Gasteiger partial charge on any atom is -0.390 e. The monoisotopic (exact) mass is 522 g/mol. The van der Waals surface area contributed by atoms with Crippen molar-refractivity contribution in [2.45, 2.75) is 37.3 Å². The number of nitrogen functional groups attached to an aromatic ring is 2. The fourth-order valence-electron chi connectivity index (χ4n) is 3.72. The predicted octanol–water partition coefficient (Wildman–Crippen LogP) is 3.04. The summed E-state index contributed by atoms with van der Waals surface area (Å²) in [7, 11) is -3.92. The van der Waals surface area contributed by atoms with Gasteiger partial charge in [-0.1, -0.05) is 50.2 Å². The van der Waals surface area contributed by atoms with Gasteiger partial charge in [-0.3, -0.25) is 10.8 Å². The largest absolute Gasteiger partial charge is 0.390 e. The van der Waals surface area contributed by atoms with Crippen LogP contribution in [-0.4, -0.2) is 48.7 Å². The molecule has 37 heavy (non-hydrogen) atoms. The molecule has 0 heterocycles. The highest BCUT2D eigenvalue weighted by atomic mass is 32.2. The molecule has 0 aliphatic heterocycles. The number of hydrogen-bond donors (Lipinski definition) is 6. The van der Waals surface area contributed by atoms with Crippen molar-refractivity contribution < 1.29 is 13.5 Å². The minimum absolute atomic E-state index is 0.0369. The third kappa shape index (κ3) is 7.39. The van der Waals surface area contributed by atoms with E-state index in [1.165, 1.54) is 4.31 Å². The van der Waals surface area contributed by atoms with Crippen LogP contribution < -0.4 is 16.8 Å². The topological polar surface area (TPSA) is 169 Å². The van der Waals surface area contributed by atoms with Crippen LogP contribution in [0.2, 0.25) is 0 Å². The van der Waals surface area contributed by atoms with Gasteiger partial charge in [0.15, 0.2) is 0 Å². The molecule has 0 aliphatic rings. The minimum atomic E-state index is -3.92. The Bertz CT molecular complexity index is 1320. The van der Waals surface area contributed by atoms with E-state index < -0.39 is 16.1 Å². The van der Waals surface area contributed by atoms with Crippen molar-refractivity contribution in [1.82, 2.24) is 4.31 Å². The molecule has 0 spiro atoms. The average Bonchev–Trinajstić information content (AvgIpc) is 2.87. The van der Waals surface area contributed by atoms with Crippen molar-refractivity contribution in [2.75, 3.05) is 18.4 Å². The number of aliphatic hydroxyl groups is 1. The maximum Gasteiger partial charge on any atom is 0.243 e. The summed E-state index contributed by atoms with van der Waals surface area (Å²) in [6.45, 7) is 4.09. The number of nitrogens with two attached hydrogens (primary N) is 2. The van der Waals surface area contributed by atoms with Gasteiger partial charge in [0.2, 0.25) is 10.0 Å². The predicted molar refractivity (Wildman–Crippen MR) is 148 cm³/mol. The van der Waals surface area contributed by atoms with Crippen LogP contribution in [0.1, 0.15) is 42.0 Å². The highest BCUT2D eigenvalue weighted by Gasteiger charge is 2.27. The number of nitrogens with one attached hydrogen (secondary N) is 3. The maximum atomic E-state index is 13.6. The summed E-state index contributed by atoms with van der Waals surface area (Å²) in [5.41, 5.74) is 14.6. The first kappa shape index (κ1) is 27.9. The smallest absolute Gasteiger partial charge is 0.243 e. The van der Waals surface area contributed by atoms with Gasteiger partial charge in [-0.2, -0.15) is 4.31 Å². The summed E-state index contributed by atoms with van der Waals surface area (Å²) in [5.74, 6) is 0.161. The number of amidine groups is 2. The van der Waals surface area contributed by atoms with Gasteiger partial charge in [0.05, 0.1) is 11.0 Å². The molecule has 0 aromatic heterocycles. The molecular formula is C27H34N6O3S. The van der Waals surface area contributed by atoms with Crippen LogP contribution in [0.3, 0.4) is 0 Å². The summed E-state index contributed by atoms with van der Waals surface area (Å²) in [5, 5.41) is 28.9. The van der Waals surface area contributed by atoms with E-state index in [0.29, 0.717) is 22.4 Å². The Balaban J connectivity index is 1.80. The number of aliphatic hydroxyl groups excluding tert-OH is 1. The van der Waals surface area contributed by atoms with E-state index in [1.54, 1.807) is 72.8 Å². The van der Waals surface area contributed by atoms with E-state index in [1.807, 2.05) is 13.8 Å². The number of rotatable bonds is 12. The average molecular weight is 523 g/mol. The molecule has 8 N–H and O–H groups in total. The van der Waals surface area contributed by atoms with Crippen molar-refractivity contribution in [3.63, 3.8) is 0 Å². The van der Waals surface area contributed by atoms with Gasteiger partial charge in [0.25, 0.3) is 0 Å². The Morgan fingerprint density at radius 3 is 1.89 bits per heavy atom. The number of benzene rings is 3. The summed E-state index contributed by atoms with van der Waals surface area (Å²) in [4.78, 5) is 0.150. The summed E-state index contributed by atoms with van der Waals surface area (Å²) < 4.78 is 28.5. The maximum absolute atomic E-state index is 13.6. The molecule has 3 aromatic rings. The van der Waals surface area contributed by atoms with E-state index in [9.17, 15) is 13.5 Å². The van der Waals surface area contributed by atoms with Gasteiger partial charge >= 0.3 is 0 Å². The molecule has 9 nitrogen and oxygen atoms in total. The highest BCUT2D eigenvalue weighted by molar-refractivity contribution is 7.89. The second kappa shape index (κ2) is 12.0. The summed E-state index contributed by atoms with van der Waals surface area (Å²) in [6, 6.07) is 20.5. The Hall–Kier alpha value is -3.73. The molecule has 10 heteroatoms. The van der Waals surface area contributed by atoms with Crippen molar-refractivity contribution in [3.8, 4) is 0 Å². The molecular weight excluding hydrogens is 488 g/mol. The first-order valence-electron chi connectivity index (χ1n) is 11.9. The molecule has 0 fully saturated rings. The molecule has 0 saturated heterocycles. The van der Waals surface area contributed by atoms with Gasteiger partial charge < -0.3 is 21.9 Å². The van der Waals surface area contributed by atoms with Crippen molar-refractivity contribution in [3.05, 3.63) is 95.1 Å². The van der Waals surface area contributed by atoms with Crippen molar-refractivity contribution in [2.24, 2.45) is 11.5 Å². The Morgan fingerprint density at radius 1 is 0.892 bits per heavy atom. The molecule has 0 amide bonds. The lowest BCUT2D eigenvalue weighted by atomic mass is 10.0. The summed E-state index contributed by atoms with van der Waals surface area (Å²) in [6.07, 6.45) is -1.01. The molecule has 1 unspecified atom stereocenters. The first-order valence-corrected chi connectivity index (χ1v) is 13.3. The lowest BCUT2D eigenvalue weighted by Crippen LogP contribution is -2.39. The SMILES string of the molecule is CC(C)c1ccc(S(=O)(=O)N(Cc2ccc(C(=N)N)cc2)CC(O)CNc2ccc(C(=N)N)cc2)cc1. The van der Waals surface area contributed by atoms with Crippen LogP contribution in [0.4, 0.5) is 5.69 Å². The molecule has 3 aromatic carbocycles. The molecule has 0 aliphatic carbocycles. The normalized spacial score (nSPS) is 12.5. The second-order valence-corrected chi connectivity index (χ2v) is 11.1. The van der Waals surface area contributed by atoms with E-state index >= 15 is 0 Å². The molecule has 0 saturated carbocycles. The van der Waals surface area contributed by atoms with Crippen LogP contribution in [0.25, 0.3) is 0 Å². The fourth-order valence-corrected chi connectivity index (χ4v) is 5.18. The third-order valence-corrected chi connectivity index (χ3v) is 7.79. The van der Waals surface area contributed by atoms with E-state index in [4.69, 9.17) is 22.3 Å². The zero-order valence-electron chi connectivity index (χ0n) is 21.0. The van der Waals surface area contributed by atoms with Gasteiger partial charge in [-0.15, -0.1) is 0 Å². The zero-order chi connectivity index (χ0) is 27.2.